The van der Waals surface area contributed by atoms with Crippen LogP contribution in [0.2, 0.25) is 0 Å². The first-order valence-corrected chi connectivity index (χ1v) is 6.13. The standard InChI is InChI=1S/C14H20N2O3/c1-5-10(6-7-15)16-11-8-12(17-2)14(19-4)13(9-11)18-3/h8-10,16H,5-6H2,1-4H3. The highest BCUT2D eigenvalue weighted by Gasteiger charge is 2.14. The molecule has 0 fully saturated rings. The molecular formula is C14H20N2O3. The number of benzene rings is 1. The van der Waals surface area contributed by atoms with Crippen LogP contribution in [-0.2, 0) is 0 Å². The van der Waals surface area contributed by atoms with E-state index in [0.29, 0.717) is 23.7 Å². The van der Waals surface area contributed by atoms with E-state index in [1.807, 2.05) is 19.1 Å². The summed E-state index contributed by atoms with van der Waals surface area (Å²) in [5.74, 6) is 1.75. The maximum absolute atomic E-state index is 8.77. The van der Waals surface area contributed by atoms with Crippen molar-refractivity contribution >= 4 is 5.69 Å². The highest BCUT2D eigenvalue weighted by molar-refractivity contribution is 5.62. The molecule has 0 aliphatic heterocycles. The Morgan fingerprint density at radius 1 is 1.16 bits per heavy atom. The summed E-state index contributed by atoms with van der Waals surface area (Å²) in [5.41, 5.74) is 0.844. The summed E-state index contributed by atoms with van der Waals surface area (Å²) in [6.07, 6.45) is 1.32. The molecule has 0 amide bonds. The molecule has 19 heavy (non-hydrogen) atoms. The van der Waals surface area contributed by atoms with Crippen LogP contribution in [0.3, 0.4) is 0 Å². The van der Waals surface area contributed by atoms with Gasteiger partial charge in [-0.15, -0.1) is 0 Å². The second-order valence-electron chi connectivity index (χ2n) is 4.03. The number of anilines is 1. The molecule has 5 nitrogen and oxygen atoms in total. The summed E-state index contributed by atoms with van der Waals surface area (Å²) in [6.45, 7) is 2.03. The average Bonchev–Trinajstić information content (AvgIpc) is 2.45. The highest BCUT2D eigenvalue weighted by atomic mass is 16.5. The first kappa shape index (κ1) is 15.0. The van der Waals surface area contributed by atoms with Crippen LogP contribution in [0.5, 0.6) is 17.2 Å². The molecule has 0 bridgehead atoms. The molecule has 0 saturated heterocycles. The van der Waals surface area contributed by atoms with Gasteiger partial charge < -0.3 is 19.5 Å². The Hall–Kier alpha value is -2.09. The monoisotopic (exact) mass is 264 g/mol. The summed E-state index contributed by atoms with van der Waals surface area (Å²) in [4.78, 5) is 0. The number of methoxy groups -OCH3 is 3. The Labute approximate surface area is 114 Å². The minimum atomic E-state index is 0.104. The number of hydrogen-bond donors (Lipinski definition) is 1. The van der Waals surface area contributed by atoms with E-state index in [9.17, 15) is 0 Å². The Bertz CT molecular complexity index is 429. The fourth-order valence-corrected chi connectivity index (χ4v) is 1.81. The fraction of sp³-hybridized carbons (Fsp3) is 0.500. The lowest BCUT2D eigenvalue weighted by atomic mass is 10.1. The van der Waals surface area contributed by atoms with Crippen LogP contribution in [0, 0.1) is 11.3 Å². The Kier molecular flexibility index (Phi) is 5.80. The van der Waals surface area contributed by atoms with Crippen LogP contribution in [0.4, 0.5) is 5.69 Å². The van der Waals surface area contributed by atoms with Crippen molar-refractivity contribution in [3.63, 3.8) is 0 Å². The van der Waals surface area contributed by atoms with Crippen molar-refractivity contribution in [2.45, 2.75) is 25.8 Å². The lowest BCUT2D eigenvalue weighted by Crippen LogP contribution is -2.17. The number of nitrogens with one attached hydrogen (secondary N) is 1. The number of ether oxygens (including phenoxy) is 3. The molecule has 5 heteroatoms. The van der Waals surface area contributed by atoms with Crippen molar-refractivity contribution < 1.29 is 14.2 Å². The van der Waals surface area contributed by atoms with E-state index in [2.05, 4.69) is 11.4 Å². The minimum absolute atomic E-state index is 0.104. The van der Waals surface area contributed by atoms with Gasteiger partial charge in [-0.25, -0.2) is 0 Å². The van der Waals surface area contributed by atoms with Crippen molar-refractivity contribution in [1.29, 1.82) is 5.26 Å². The Balaban J connectivity index is 3.05. The van der Waals surface area contributed by atoms with E-state index in [-0.39, 0.29) is 6.04 Å². The molecular weight excluding hydrogens is 244 g/mol. The summed E-state index contributed by atoms with van der Waals surface area (Å²) in [6, 6.07) is 5.94. The Morgan fingerprint density at radius 2 is 1.74 bits per heavy atom. The molecule has 104 valence electrons. The van der Waals surface area contributed by atoms with Gasteiger partial charge in [-0.3, -0.25) is 0 Å². The van der Waals surface area contributed by atoms with Gasteiger partial charge in [0.1, 0.15) is 0 Å². The highest BCUT2D eigenvalue weighted by Crippen LogP contribution is 2.40. The van der Waals surface area contributed by atoms with Gasteiger partial charge in [0.05, 0.1) is 33.8 Å². The molecule has 1 N–H and O–H groups in total. The number of nitriles is 1. The fourth-order valence-electron chi connectivity index (χ4n) is 1.81. The van der Waals surface area contributed by atoms with Crippen molar-refractivity contribution in [2.75, 3.05) is 26.6 Å². The van der Waals surface area contributed by atoms with Crippen molar-refractivity contribution in [3.8, 4) is 23.3 Å². The summed E-state index contributed by atoms with van der Waals surface area (Å²) in [5, 5.41) is 12.1. The number of nitrogens with zero attached hydrogens (tertiary/aromatic N) is 1. The van der Waals surface area contributed by atoms with Crippen LogP contribution < -0.4 is 19.5 Å². The molecule has 1 rings (SSSR count). The van der Waals surface area contributed by atoms with E-state index in [0.717, 1.165) is 12.1 Å². The van der Waals surface area contributed by atoms with E-state index >= 15 is 0 Å². The van der Waals surface area contributed by atoms with Crippen LogP contribution in [0.15, 0.2) is 12.1 Å². The van der Waals surface area contributed by atoms with Crippen LogP contribution in [0.25, 0.3) is 0 Å². The lowest BCUT2D eigenvalue weighted by molar-refractivity contribution is 0.324. The normalized spacial score (nSPS) is 11.3. The van der Waals surface area contributed by atoms with E-state index in [1.165, 1.54) is 0 Å². The first-order chi connectivity index (χ1) is 9.19. The van der Waals surface area contributed by atoms with Gasteiger partial charge in [-0.1, -0.05) is 6.92 Å². The zero-order valence-electron chi connectivity index (χ0n) is 11.8. The van der Waals surface area contributed by atoms with Gasteiger partial charge >= 0.3 is 0 Å². The van der Waals surface area contributed by atoms with Crippen molar-refractivity contribution in [1.82, 2.24) is 0 Å². The summed E-state index contributed by atoms with van der Waals surface area (Å²) < 4.78 is 15.8. The topological polar surface area (TPSA) is 63.5 Å². The van der Waals surface area contributed by atoms with Gasteiger partial charge in [0.2, 0.25) is 5.75 Å². The molecule has 1 unspecified atom stereocenters. The predicted octanol–water partition coefficient (Wildman–Crippen LogP) is 2.82. The van der Waals surface area contributed by atoms with E-state index < -0.39 is 0 Å². The predicted molar refractivity (Wildman–Crippen MR) is 74.0 cm³/mol. The van der Waals surface area contributed by atoms with E-state index in [4.69, 9.17) is 19.5 Å². The Morgan fingerprint density at radius 3 is 2.11 bits per heavy atom. The zero-order valence-corrected chi connectivity index (χ0v) is 11.8. The minimum Gasteiger partial charge on any atom is -0.493 e. The first-order valence-electron chi connectivity index (χ1n) is 6.13. The average molecular weight is 264 g/mol. The molecule has 0 aliphatic carbocycles. The lowest BCUT2D eigenvalue weighted by Gasteiger charge is -2.18. The number of hydrogen-bond acceptors (Lipinski definition) is 5. The third kappa shape index (κ3) is 3.68. The molecule has 1 atom stereocenters. The van der Waals surface area contributed by atoms with Crippen LogP contribution in [0.1, 0.15) is 19.8 Å². The third-order valence-electron chi connectivity index (χ3n) is 2.87. The van der Waals surface area contributed by atoms with Crippen molar-refractivity contribution in [2.24, 2.45) is 0 Å². The van der Waals surface area contributed by atoms with Crippen LogP contribution in [-0.4, -0.2) is 27.4 Å². The van der Waals surface area contributed by atoms with Crippen LogP contribution >= 0.6 is 0 Å². The molecule has 0 aliphatic rings. The maximum atomic E-state index is 8.77. The van der Waals surface area contributed by atoms with Crippen molar-refractivity contribution in [3.05, 3.63) is 12.1 Å². The summed E-state index contributed by atoms with van der Waals surface area (Å²) in [7, 11) is 4.72. The molecule has 0 aromatic heterocycles. The smallest absolute Gasteiger partial charge is 0.203 e. The summed E-state index contributed by atoms with van der Waals surface area (Å²) >= 11 is 0. The quantitative estimate of drug-likeness (QED) is 0.820. The van der Waals surface area contributed by atoms with Gasteiger partial charge in [-0.2, -0.15) is 5.26 Å². The number of rotatable bonds is 7. The molecule has 1 aromatic carbocycles. The largest absolute Gasteiger partial charge is 0.493 e. The molecule has 0 spiro atoms. The SMILES string of the molecule is CCC(CC#N)Nc1cc(OC)c(OC)c(OC)c1. The molecule has 0 heterocycles. The zero-order chi connectivity index (χ0) is 14.3. The van der Waals surface area contributed by atoms with Gasteiger partial charge in [0.25, 0.3) is 0 Å². The van der Waals surface area contributed by atoms with Gasteiger partial charge in [0.15, 0.2) is 11.5 Å². The van der Waals surface area contributed by atoms with Gasteiger partial charge in [0, 0.05) is 23.9 Å². The second kappa shape index (κ2) is 7.37. The van der Waals surface area contributed by atoms with Gasteiger partial charge in [-0.05, 0) is 6.42 Å². The third-order valence-corrected chi connectivity index (χ3v) is 2.87. The molecule has 0 radical (unpaired) electrons. The second-order valence-corrected chi connectivity index (χ2v) is 4.03. The molecule has 1 aromatic rings. The molecule has 0 saturated carbocycles. The van der Waals surface area contributed by atoms with E-state index in [1.54, 1.807) is 21.3 Å². The maximum Gasteiger partial charge on any atom is 0.203 e.